The molecular weight excluding hydrogens is 409 g/mol. The highest BCUT2D eigenvalue weighted by molar-refractivity contribution is 6.19. The predicted molar refractivity (Wildman–Crippen MR) is 122 cm³/mol. The molecule has 3 aromatic rings. The molecule has 4 rings (SSSR count). The summed E-state index contributed by atoms with van der Waals surface area (Å²) in [6.07, 6.45) is 0. The number of para-hydroxylation sites is 2. The third kappa shape index (κ3) is 4.23. The molecule has 1 aliphatic rings. The van der Waals surface area contributed by atoms with Crippen LogP contribution in [0.4, 0.5) is 15.8 Å². The van der Waals surface area contributed by atoms with Crippen molar-refractivity contribution in [3.8, 4) is 11.5 Å². The molecule has 1 aliphatic heterocycles. The number of ether oxygens (including phenoxy) is 2. The van der Waals surface area contributed by atoms with Gasteiger partial charge >= 0.3 is 0 Å². The van der Waals surface area contributed by atoms with Crippen LogP contribution in [0.5, 0.6) is 11.5 Å². The second kappa shape index (κ2) is 9.01. The van der Waals surface area contributed by atoms with Crippen molar-refractivity contribution in [2.45, 2.75) is 12.8 Å². The number of halogens is 1. The maximum atomic E-state index is 13.3. The van der Waals surface area contributed by atoms with Gasteiger partial charge in [-0.2, -0.15) is 0 Å². The Balaban J connectivity index is 1.80. The molecule has 0 aromatic heterocycles. The number of amides is 1. The summed E-state index contributed by atoms with van der Waals surface area (Å²) in [5, 5.41) is 2.92. The largest absolute Gasteiger partial charge is 0.493 e. The van der Waals surface area contributed by atoms with Gasteiger partial charge in [-0.05, 0) is 61.0 Å². The van der Waals surface area contributed by atoms with E-state index in [1.165, 1.54) is 24.3 Å². The Bertz CT molecular complexity index is 1220. The summed E-state index contributed by atoms with van der Waals surface area (Å²) < 4.78 is 24.1. The summed E-state index contributed by atoms with van der Waals surface area (Å²) >= 11 is 0. The van der Waals surface area contributed by atoms with Crippen LogP contribution in [0.3, 0.4) is 0 Å². The quantitative estimate of drug-likeness (QED) is 0.618. The van der Waals surface area contributed by atoms with Gasteiger partial charge in [-0.3, -0.25) is 9.79 Å². The summed E-state index contributed by atoms with van der Waals surface area (Å²) in [5.74, 6) is 0.333. The van der Waals surface area contributed by atoms with Crippen molar-refractivity contribution < 1.29 is 18.7 Å². The Kier molecular flexibility index (Phi) is 5.98. The van der Waals surface area contributed by atoms with Gasteiger partial charge in [0.2, 0.25) is 0 Å². The van der Waals surface area contributed by atoms with E-state index in [2.05, 4.69) is 5.32 Å². The molecule has 1 heterocycles. The van der Waals surface area contributed by atoms with Gasteiger partial charge in [0.25, 0.3) is 5.91 Å². The van der Waals surface area contributed by atoms with E-state index in [1.54, 1.807) is 20.3 Å². The number of nitrogens with zero attached hydrogens (tertiary/aromatic N) is 2. The molecule has 1 atom stereocenters. The number of hydrogen-bond acceptors (Lipinski definition) is 5. The number of hydrogen-bond donors (Lipinski definition) is 1. The Morgan fingerprint density at radius 3 is 2.22 bits per heavy atom. The van der Waals surface area contributed by atoms with Gasteiger partial charge < -0.3 is 14.8 Å². The Labute approximate surface area is 185 Å². The van der Waals surface area contributed by atoms with E-state index in [0.717, 1.165) is 11.3 Å². The first-order valence-electron chi connectivity index (χ1n) is 10.0. The Hall–Kier alpha value is -4.00. The lowest BCUT2D eigenvalue weighted by molar-refractivity contribution is 0.0976. The van der Waals surface area contributed by atoms with E-state index in [-0.39, 0.29) is 5.91 Å². The Morgan fingerprint density at radius 1 is 0.906 bits per heavy atom. The van der Waals surface area contributed by atoms with Crippen LogP contribution in [-0.2, 0) is 0 Å². The number of amidine groups is 1. The number of nitrogens with one attached hydrogen (secondary N) is 1. The van der Waals surface area contributed by atoms with Crippen LogP contribution in [0.15, 0.2) is 76.7 Å². The SMILES string of the molecule is COc1ccc([C@H]2C(C)=Nc3ccccc3N=C2NC(=O)c2ccc(F)cc2)cc1OC. The molecule has 1 amide bonds. The molecular formula is C25H22FN3O3. The second-order valence-corrected chi connectivity index (χ2v) is 7.25. The molecule has 0 aliphatic carbocycles. The van der Waals surface area contributed by atoms with Crippen molar-refractivity contribution in [3.05, 3.63) is 83.7 Å². The molecule has 0 spiro atoms. The van der Waals surface area contributed by atoms with Gasteiger partial charge in [0.1, 0.15) is 11.7 Å². The first kappa shape index (κ1) is 21.2. The molecule has 3 aromatic carbocycles. The van der Waals surface area contributed by atoms with Crippen molar-refractivity contribution in [1.29, 1.82) is 0 Å². The number of methoxy groups -OCH3 is 2. The third-order valence-corrected chi connectivity index (χ3v) is 5.20. The lowest BCUT2D eigenvalue weighted by Crippen LogP contribution is -2.37. The number of aliphatic imine (C=N–C) groups is 2. The topological polar surface area (TPSA) is 72.3 Å². The molecule has 1 N–H and O–H groups in total. The van der Waals surface area contributed by atoms with Crippen LogP contribution < -0.4 is 14.8 Å². The van der Waals surface area contributed by atoms with Crippen LogP contribution >= 0.6 is 0 Å². The highest BCUT2D eigenvalue weighted by Gasteiger charge is 2.27. The smallest absolute Gasteiger partial charge is 0.256 e. The van der Waals surface area contributed by atoms with E-state index in [9.17, 15) is 9.18 Å². The van der Waals surface area contributed by atoms with Crippen molar-refractivity contribution in [2.75, 3.05) is 14.2 Å². The third-order valence-electron chi connectivity index (χ3n) is 5.20. The van der Waals surface area contributed by atoms with Crippen molar-refractivity contribution in [3.63, 3.8) is 0 Å². The zero-order valence-corrected chi connectivity index (χ0v) is 17.9. The fraction of sp³-hybridized carbons (Fsp3) is 0.160. The van der Waals surface area contributed by atoms with Gasteiger partial charge in [-0.1, -0.05) is 18.2 Å². The van der Waals surface area contributed by atoms with Gasteiger partial charge in [-0.15, -0.1) is 0 Å². The molecule has 162 valence electrons. The molecule has 32 heavy (non-hydrogen) atoms. The van der Waals surface area contributed by atoms with Crippen LogP contribution in [-0.4, -0.2) is 31.7 Å². The number of carbonyl (C=O) groups excluding carboxylic acids is 1. The fourth-order valence-corrected chi connectivity index (χ4v) is 3.62. The zero-order valence-electron chi connectivity index (χ0n) is 17.9. The molecule has 0 bridgehead atoms. The summed E-state index contributed by atoms with van der Waals surface area (Å²) in [5.41, 5.74) is 3.26. The molecule has 0 saturated heterocycles. The van der Waals surface area contributed by atoms with Gasteiger partial charge in [-0.25, -0.2) is 9.38 Å². The minimum atomic E-state index is -0.438. The second-order valence-electron chi connectivity index (χ2n) is 7.25. The number of fused-ring (bicyclic) bond motifs is 1. The lowest BCUT2D eigenvalue weighted by Gasteiger charge is -2.20. The monoisotopic (exact) mass is 431 g/mol. The lowest BCUT2D eigenvalue weighted by atomic mass is 9.92. The number of rotatable bonds is 4. The average Bonchev–Trinajstić information content (AvgIpc) is 2.94. The van der Waals surface area contributed by atoms with Crippen molar-refractivity contribution >= 4 is 28.8 Å². The van der Waals surface area contributed by atoms with Gasteiger partial charge in [0, 0.05) is 11.3 Å². The van der Waals surface area contributed by atoms with Gasteiger partial charge in [0.15, 0.2) is 11.5 Å². The first-order valence-corrected chi connectivity index (χ1v) is 10.0. The summed E-state index contributed by atoms with van der Waals surface area (Å²) in [4.78, 5) is 22.5. The zero-order chi connectivity index (χ0) is 22.7. The molecule has 0 unspecified atom stereocenters. The fourth-order valence-electron chi connectivity index (χ4n) is 3.62. The maximum Gasteiger partial charge on any atom is 0.256 e. The minimum Gasteiger partial charge on any atom is -0.493 e. The van der Waals surface area contributed by atoms with E-state index in [0.29, 0.717) is 34.3 Å². The van der Waals surface area contributed by atoms with E-state index in [4.69, 9.17) is 19.5 Å². The molecule has 0 fully saturated rings. The first-order chi connectivity index (χ1) is 15.5. The van der Waals surface area contributed by atoms with Crippen LogP contribution in [0.1, 0.15) is 28.8 Å². The normalized spacial score (nSPS) is 15.1. The maximum absolute atomic E-state index is 13.3. The summed E-state index contributed by atoms with van der Waals surface area (Å²) in [6, 6.07) is 18.4. The summed E-state index contributed by atoms with van der Waals surface area (Å²) in [6.45, 7) is 1.89. The molecule has 0 saturated carbocycles. The van der Waals surface area contributed by atoms with Crippen LogP contribution in [0, 0.1) is 5.82 Å². The molecule has 6 nitrogen and oxygen atoms in total. The highest BCUT2D eigenvalue weighted by Crippen LogP contribution is 2.37. The van der Waals surface area contributed by atoms with E-state index < -0.39 is 11.7 Å². The molecule has 7 heteroatoms. The number of carbonyl (C=O) groups is 1. The van der Waals surface area contributed by atoms with E-state index >= 15 is 0 Å². The van der Waals surface area contributed by atoms with Crippen molar-refractivity contribution in [1.82, 2.24) is 5.32 Å². The standard InChI is InChI=1S/C25H22FN3O3/c1-15-23(17-10-13-21(31-2)22(14-17)32-3)24(28-20-7-5-4-6-19(20)27-15)29-25(30)16-8-11-18(26)12-9-16/h4-14,23H,1-3H3,(H,28,29,30)/t23-/m1/s1. The summed E-state index contributed by atoms with van der Waals surface area (Å²) in [7, 11) is 3.14. The van der Waals surface area contributed by atoms with E-state index in [1.807, 2.05) is 43.3 Å². The number of benzene rings is 3. The Morgan fingerprint density at radius 2 is 1.56 bits per heavy atom. The van der Waals surface area contributed by atoms with Crippen LogP contribution in [0.25, 0.3) is 0 Å². The van der Waals surface area contributed by atoms with Crippen LogP contribution in [0.2, 0.25) is 0 Å². The minimum absolute atomic E-state index is 0.326. The average molecular weight is 431 g/mol. The molecule has 0 radical (unpaired) electrons. The highest BCUT2D eigenvalue weighted by atomic mass is 19.1. The predicted octanol–water partition coefficient (Wildman–Crippen LogP) is 5.19. The van der Waals surface area contributed by atoms with Gasteiger partial charge in [0.05, 0.1) is 31.5 Å². The van der Waals surface area contributed by atoms with Crippen molar-refractivity contribution in [2.24, 2.45) is 9.98 Å².